The van der Waals surface area contributed by atoms with Crippen molar-refractivity contribution in [1.29, 1.82) is 0 Å². The van der Waals surface area contributed by atoms with E-state index in [1.807, 2.05) is 30.5 Å². The summed E-state index contributed by atoms with van der Waals surface area (Å²) in [6.45, 7) is 3.93. The number of aromatic nitrogens is 1. The van der Waals surface area contributed by atoms with Crippen molar-refractivity contribution in [3.63, 3.8) is 0 Å². The minimum absolute atomic E-state index is 0.335. The van der Waals surface area contributed by atoms with Gasteiger partial charge in [0.05, 0.1) is 16.9 Å². The van der Waals surface area contributed by atoms with Crippen LogP contribution in [0.4, 0.5) is 18.9 Å². The summed E-state index contributed by atoms with van der Waals surface area (Å²) in [4.78, 5) is 8.79. The number of hydrogen-bond acceptors (Lipinski definition) is 4. The van der Waals surface area contributed by atoms with Crippen molar-refractivity contribution < 1.29 is 13.2 Å². The van der Waals surface area contributed by atoms with E-state index in [0.29, 0.717) is 17.8 Å². The maximum atomic E-state index is 13.3. The lowest BCUT2D eigenvalue weighted by Gasteiger charge is -2.32. The van der Waals surface area contributed by atoms with Crippen LogP contribution in [0.2, 0.25) is 0 Å². The number of aliphatic imine (C=N–C) groups is 1. The molecule has 2 aliphatic rings. The van der Waals surface area contributed by atoms with Gasteiger partial charge in [-0.05, 0) is 50.8 Å². The first kappa shape index (κ1) is 22.8. The molecule has 1 aliphatic carbocycles. The van der Waals surface area contributed by atoms with Crippen LogP contribution in [-0.4, -0.2) is 29.7 Å². The van der Waals surface area contributed by atoms with Gasteiger partial charge in [-0.15, -0.1) is 0 Å². The predicted molar refractivity (Wildman–Crippen MR) is 122 cm³/mol. The van der Waals surface area contributed by atoms with Gasteiger partial charge in [0.2, 0.25) is 6.93 Å². The number of hydrogen-bond donors (Lipinski definition) is 2. The van der Waals surface area contributed by atoms with Crippen LogP contribution in [0, 0.1) is 6.92 Å². The summed E-state index contributed by atoms with van der Waals surface area (Å²) in [5.41, 5.74) is 5.43. The van der Waals surface area contributed by atoms with Crippen LogP contribution in [0.5, 0.6) is 0 Å². The summed E-state index contributed by atoms with van der Waals surface area (Å²) in [6, 6.07) is 8.68. The van der Waals surface area contributed by atoms with Crippen LogP contribution in [0.1, 0.15) is 43.4 Å². The molecule has 2 N–H and O–H groups in total. The van der Waals surface area contributed by atoms with Crippen molar-refractivity contribution in [2.24, 2.45) is 4.99 Å². The number of fused-ring (bicyclic) bond motifs is 1. The van der Waals surface area contributed by atoms with Crippen molar-refractivity contribution in [3.8, 4) is 0 Å². The number of anilines is 1. The van der Waals surface area contributed by atoms with Crippen LogP contribution in [-0.2, 0) is 6.67 Å². The summed E-state index contributed by atoms with van der Waals surface area (Å²) in [6.07, 6.45) is 9.12. The average molecular weight is 431 g/mol. The zero-order valence-corrected chi connectivity index (χ0v) is 17.8. The lowest BCUT2D eigenvalue weighted by Crippen LogP contribution is -2.39. The van der Waals surface area contributed by atoms with Gasteiger partial charge in [0.1, 0.15) is 6.67 Å². The number of benzene rings is 1. The number of nitrogens with one attached hydrogen (secondary N) is 2. The van der Waals surface area contributed by atoms with E-state index >= 15 is 0 Å². The molecule has 1 aromatic heterocycles. The summed E-state index contributed by atoms with van der Waals surface area (Å²) in [7, 11) is 0. The molecule has 0 amide bonds. The zero-order valence-electron chi connectivity index (χ0n) is 17.8. The van der Waals surface area contributed by atoms with Gasteiger partial charge in [0.15, 0.2) is 0 Å². The molecule has 0 spiro atoms. The summed E-state index contributed by atoms with van der Waals surface area (Å²) >= 11 is 0. The molecule has 4 rings (SSSR count). The summed E-state index contributed by atoms with van der Waals surface area (Å²) in [5.74, 6) is 0. The lowest BCUT2D eigenvalue weighted by atomic mass is 9.90. The molecule has 31 heavy (non-hydrogen) atoms. The van der Waals surface area contributed by atoms with Crippen molar-refractivity contribution in [3.05, 3.63) is 60.1 Å². The first-order chi connectivity index (χ1) is 15.0. The topological polar surface area (TPSA) is 49.3 Å². The Labute approximate surface area is 181 Å². The van der Waals surface area contributed by atoms with E-state index in [1.54, 1.807) is 0 Å². The molecule has 1 aromatic carbocycles. The van der Waals surface area contributed by atoms with E-state index < -0.39 is 13.6 Å². The standard InChI is InChI=1S/C23H27FN4.CH2F2/c1-15-8-9-22-20(11-15)23(13-19(14-24)28-22)27-18-6-3-5-17(12-18)26-16(2)21-7-4-10-25-21;2-1-3/h4,8-11,13,17-18,26H,2-3,5-7,12,14H2,1H3,(H,27,28);1H2. The third-order valence-corrected chi connectivity index (χ3v) is 5.56. The number of halogens is 3. The third kappa shape index (κ3) is 6.09. The van der Waals surface area contributed by atoms with E-state index in [4.69, 9.17) is 0 Å². The number of allylic oxidation sites excluding steroid dienone is 2. The third-order valence-electron chi connectivity index (χ3n) is 5.56. The van der Waals surface area contributed by atoms with E-state index in [0.717, 1.165) is 60.1 Å². The minimum Gasteiger partial charge on any atom is -0.382 e. The highest BCUT2D eigenvalue weighted by Crippen LogP contribution is 2.29. The fraction of sp³-hybridized carbons (Fsp3) is 0.417. The van der Waals surface area contributed by atoms with Gasteiger partial charge < -0.3 is 10.6 Å². The van der Waals surface area contributed by atoms with Crippen molar-refractivity contribution in [2.45, 2.75) is 57.8 Å². The van der Waals surface area contributed by atoms with E-state index in [1.165, 1.54) is 5.56 Å². The molecule has 1 fully saturated rings. The molecule has 4 nitrogen and oxygen atoms in total. The highest BCUT2D eigenvalue weighted by molar-refractivity contribution is 6.01. The number of rotatable bonds is 6. The molecule has 0 saturated heterocycles. The Kier molecular flexibility index (Phi) is 8.09. The van der Waals surface area contributed by atoms with E-state index in [-0.39, 0.29) is 0 Å². The second-order valence-corrected chi connectivity index (χ2v) is 7.91. The Morgan fingerprint density at radius 1 is 1.16 bits per heavy atom. The molecular formula is C24H29F3N4. The lowest BCUT2D eigenvalue weighted by molar-refractivity contribution is 0.295. The van der Waals surface area contributed by atoms with Gasteiger partial charge in [-0.3, -0.25) is 4.99 Å². The van der Waals surface area contributed by atoms with Gasteiger partial charge in [0.25, 0.3) is 0 Å². The highest BCUT2D eigenvalue weighted by atomic mass is 19.3. The normalized spacial score (nSPS) is 20.1. The Hall–Kier alpha value is -2.83. The SMILES string of the molecule is C=C(NC1CCCC(Nc2cc(CF)nc3ccc(C)cc23)C1)C1=NC=CC1.FCF. The molecule has 2 unspecified atom stereocenters. The van der Waals surface area contributed by atoms with E-state index in [9.17, 15) is 13.2 Å². The second kappa shape index (κ2) is 11.0. The second-order valence-electron chi connectivity index (χ2n) is 7.91. The molecule has 7 heteroatoms. The Morgan fingerprint density at radius 2 is 1.94 bits per heavy atom. The predicted octanol–water partition coefficient (Wildman–Crippen LogP) is 6.08. The van der Waals surface area contributed by atoms with Crippen LogP contribution in [0.15, 0.2) is 53.8 Å². The molecule has 1 aliphatic heterocycles. The van der Waals surface area contributed by atoms with Gasteiger partial charge in [-0.1, -0.05) is 24.3 Å². The fourth-order valence-corrected chi connectivity index (χ4v) is 4.14. The first-order valence-corrected chi connectivity index (χ1v) is 10.6. The molecule has 0 radical (unpaired) electrons. The molecule has 2 aromatic rings. The minimum atomic E-state index is -1.75. The monoisotopic (exact) mass is 430 g/mol. The molecule has 2 heterocycles. The zero-order chi connectivity index (χ0) is 22.2. The largest absolute Gasteiger partial charge is 0.382 e. The van der Waals surface area contributed by atoms with Crippen LogP contribution < -0.4 is 10.6 Å². The molecule has 1 saturated carbocycles. The van der Waals surface area contributed by atoms with Gasteiger partial charge in [-0.2, -0.15) is 0 Å². The van der Waals surface area contributed by atoms with Crippen molar-refractivity contribution >= 4 is 22.3 Å². The number of nitrogens with zero attached hydrogens (tertiary/aromatic N) is 2. The van der Waals surface area contributed by atoms with Crippen molar-refractivity contribution in [1.82, 2.24) is 10.3 Å². The summed E-state index contributed by atoms with van der Waals surface area (Å²) < 4.78 is 32.6. The number of aryl methyl sites for hydroxylation is 1. The quantitative estimate of drug-likeness (QED) is 0.584. The fourth-order valence-electron chi connectivity index (χ4n) is 4.14. The Morgan fingerprint density at radius 3 is 2.65 bits per heavy atom. The Bertz CT molecular complexity index is 971. The maximum Gasteiger partial charge on any atom is 0.229 e. The van der Waals surface area contributed by atoms with Gasteiger partial charge >= 0.3 is 0 Å². The van der Waals surface area contributed by atoms with Gasteiger partial charge in [-0.25, -0.2) is 18.2 Å². The molecule has 166 valence electrons. The van der Waals surface area contributed by atoms with Crippen LogP contribution >= 0.6 is 0 Å². The van der Waals surface area contributed by atoms with Crippen LogP contribution in [0.25, 0.3) is 10.9 Å². The van der Waals surface area contributed by atoms with Crippen LogP contribution in [0.3, 0.4) is 0 Å². The molecular weight excluding hydrogens is 401 g/mol. The Balaban J connectivity index is 0.000000858. The number of pyridine rings is 1. The van der Waals surface area contributed by atoms with Gasteiger partial charge in [0, 0.05) is 41.5 Å². The van der Waals surface area contributed by atoms with E-state index in [2.05, 4.69) is 40.2 Å². The summed E-state index contributed by atoms with van der Waals surface area (Å²) in [5, 5.41) is 8.31. The smallest absolute Gasteiger partial charge is 0.229 e. The maximum absolute atomic E-state index is 13.3. The van der Waals surface area contributed by atoms with Crippen molar-refractivity contribution in [2.75, 3.05) is 12.2 Å². The molecule has 2 atom stereocenters. The molecule has 0 bridgehead atoms. The highest BCUT2D eigenvalue weighted by Gasteiger charge is 2.23. The average Bonchev–Trinajstić information content (AvgIpc) is 3.30. The first-order valence-electron chi connectivity index (χ1n) is 10.6. The number of alkyl halides is 3.